The van der Waals surface area contributed by atoms with Gasteiger partial charge in [-0.1, -0.05) is 6.92 Å². The van der Waals surface area contributed by atoms with Crippen LogP contribution >= 0.6 is 0 Å². The Morgan fingerprint density at radius 2 is 1.93 bits per heavy atom. The number of hydrogen-bond acceptors (Lipinski definition) is 2. The number of carbonyl (C=O) groups is 1. The minimum Gasteiger partial charge on any atom is -0.481 e. The van der Waals surface area contributed by atoms with Crippen LogP contribution in [0.1, 0.15) is 51.9 Å². The van der Waals surface area contributed by atoms with Gasteiger partial charge in [0.1, 0.15) is 0 Å². The second kappa shape index (κ2) is 6.11. The highest BCUT2D eigenvalue weighted by atomic mass is 16.4. The van der Waals surface area contributed by atoms with E-state index in [9.17, 15) is 9.90 Å². The van der Waals surface area contributed by atoms with Gasteiger partial charge < -0.3 is 10.2 Å². The maximum atomic E-state index is 10.7. The van der Waals surface area contributed by atoms with Crippen molar-refractivity contribution in [3.8, 4) is 0 Å². The van der Waals surface area contributed by atoms with Crippen LogP contribution in [0.5, 0.6) is 0 Å². The summed E-state index contributed by atoms with van der Waals surface area (Å²) >= 11 is 0. The molecule has 2 N–H and O–H groups in total. The van der Waals surface area contributed by atoms with Gasteiger partial charge in [0.2, 0.25) is 0 Å². The van der Waals surface area contributed by atoms with Crippen molar-refractivity contribution in [1.29, 1.82) is 0 Å². The van der Waals surface area contributed by atoms with Crippen LogP contribution in [-0.2, 0) is 4.79 Å². The third-order valence-electron chi connectivity index (χ3n) is 3.58. The summed E-state index contributed by atoms with van der Waals surface area (Å²) in [7, 11) is 0. The smallest absolute Gasteiger partial charge is 0.306 e. The number of aliphatic carboxylic acids is 1. The first kappa shape index (κ1) is 12.5. The number of carboxylic acids is 1. The zero-order valence-electron chi connectivity index (χ0n) is 9.48. The largest absolute Gasteiger partial charge is 0.481 e. The van der Waals surface area contributed by atoms with E-state index < -0.39 is 5.97 Å². The van der Waals surface area contributed by atoms with Crippen molar-refractivity contribution < 1.29 is 15.0 Å². The van der Waals surface area contributed by atoms with E-state index in [1.54, 1.807) is 0 Å². The van der Waals surface area contributed by atoms with Gasteiger partial charge in [-0.25, -0.2) is 0 Å². The van der Waals surface area contributed by atoms with Crippen LogP contribution in [0.4, 0.5) is 0 Å². The maximum Gasteiger partial charge on any atom is 0.306 e. The lowest BCUT2D eigenvalue weighted by Gasteiger charge is -2.26. The van der Waals surface area contributed by atoms with E-state index in [0.29, 0.717) is 5.92 Å². The van der Waals surface area contributed by atoms with Gasteiger partial charge >= 0.3 is 5.97 Å². The zero-order chi connectivity index (χ0) is 11.3. The van der Waals surface area contributed by atoms with Crippen LogP contribution in [0.3, 0.4) is 0 Å². The van der Waals surface area contributed by atoms with E-state index in [2.05, 4.69) is 0 Å². The Hall–Kier alpha value is -0.570. The fraction of sp³-hybridized carbons (Fsp3) is 0.917. The summed E-state index contributed by atoms with van der Waals surface area (Å²) in [6.07, 6.45) is 6.28. The summed E-state index contributed by atoms with van der Waals surface area (Å²) in [5.74, 6) is -0.110. The zero-order valence-corrected chi connectivity index (χ0v) is 9.48. The molecule has 0 aromatic rings. The first-order chi connectivity index (χ1) is 7.13. The Balaban J connectivity index is 2.17. The molecule has 1 rings (SSSR count). The van der Waals surface area contributed by atoms with Gasteiger partial charge in [-0.2, -0.15) is 0 Å². The molecule has 0 aromatic heterocycles. The minimum absolute atomic E-state index is 0.114. The first-order valence-corrected chi connectivity index (χ1v) is 6.04. The molecule has 15 heavy (non-hydrogen) atoms. The Labute approximate surface area is 91.5 Å². The van der Waals surface area contributed by atoms with Crippen LogP contribution in [-0.4, -0.2) is 22.3 Å². The number of aliphatic hydroxyl groups is 1. The van der Waals surface area contributed by atoms with Crippen molar-refractivity contribution in [2.24, 2.45) is 11.8 Å². The maximum absolute atomic E-state index is 10.7. The predicted octanol–water partition coefficient (Wildman–Crippen LogP) is 2.43. The van der Waals surface area contributed by atoms with Gasteiger partial charge in [0.15, 0.2) is 0 Å². The molecule has 1 aliphatic rings. The van der Waals surface area contributed by atoms with Gasteiger partial charge in [0.05, 0.1) is 12.0 Å². The average molecular weight is 214 g/mol. The van der Waals surface area contributed by atoms with Gasteiger partial charge in [-0.3, -0.25) is 4.79 Å². The second-order valence-electron chi connectivity index (χ2n) is 4.70. The lowest BCUT2D eigenvalue weighted by Crippen LogP contribution is -2.22. The first-order valence-electron chi connectivity index (χ1n) is 6.04. The molecule has 1 aliphatic carbocycles. The van der Waals surface area contributed by atoms with Crippen LogP contribution in [0.25, 0.3) is 0 Å². The lowest BCUT2D eigenvalue weighted by molar-refractivity contribution is -0.143. The summed E-state index contributed by atoms with van der Waals surface area (Å²) < 4.78 is 0. The van der Waals surface area contributed by atoms with E-state index in [1.165, 1.54) is 0 Å². The minimum atomic E-state index is -0.637. The van der Waals surface area contributed by atoms with Crippen LogP contribution in [0.15, 0.2) is 0 Å². The monoisotopic (exact) mass is 214 g/mol. The predicted molar refractivity (Wildman–Crippen MR) is 58.6 cm³/mol. The molecule has 0 radical (unpaired) electrons. The van der Waals surface area contributed by atoms with E-state index in [-0.39, 0.29) is 12.0 Å². The van der Waals surface area contributed by atoms with Gasteiger partial charge in [-0.15, -0.1) is 0 Å². The number of carboxylic acid groups (broad SMARTS) is 1. The van der Waals surface area contributed by atoms with Crippen molar-refractivity contribution in [2.75, 3.05) is 0 Å². The molecule has 1 fully saturated rings. The Morgan fingerprint density at radius 1 is 1.33 bits per heavy atom. The quantitative estimate of drug-likeness (QED) is 0.739. The third-order valence-corrected chi connectivity index (χ3v) is 3.58. The van der Waals surface area contributed by atoms with Crippen molar-refractivity contribution in [3.63, 3.8) is 0 Å². The number of hydrogen-bond donors (Lipinski definition) is 2. The van der Waals surface area contributed by atoms with E-state index in [0.717, 1.165) is 44.9 Å². The molecule has 0 aliphatic heterocycles. The normalized spacial score (nSPS) is 28.7. The molecule has 1 atom stereocenters. The highest BCUT2D eigenvalue weighted by Crippen LogP contribution is 2.32. The molecule has 3 heteroatoms. The molecule has 1 saturated carbocycles. The number of aliphatic hydroxyl groups excluding tert-OH is 1. The summed E-state index contributed by atoms with van der Waals surface area (Å²) in [4.78, 5) is 10.7. The molecular weight excluding hydrogens is 192 g/mol. The van der Waals surface area contributed by atoms with Crippen molar-refractivity contribution >= 4 is 5.97 Å². The molecule has 88 valence electrons. The lowest BCUT2D eigenvalue weighted by atomic mass is 9.79. The van der Waals surface area contributed by atoms with Crippen LogP contribution in [0, 0.1) is 11.8 Å². The molecule has 0 spiro atoms. The van der Waals surface area contributed by atoms with Crippen molar-refractivity contribution in [2.45, 2.75) is 58.0 Å². The molecule has 0 saturated heterocycles. The fourth-order valence-electron chi connectivity index (χ4n) is 2.33. The van der Waals surface area contributed by atoms with Gasteiger partial charge in [0.25, 0.3) is 0 Å². The fourth-order valence-corrected chi connectivity index (χ4v) is 2.33. The van der Waals surface area contributed by atoms with Crippen molar-refractivity contribution in [1.82, 2.24) is 0 Å². The van der Waals surface area contributed by atoms with Crippen LogP contribution < -0.4 is 0 Å². The standard InChI is InChI=1S/C12H22O3/c1-2-11(13)8-5-9-3-6-10(7-4-9)12(14)15/h9-11,13H,2-8H2,1H3,(H,14,15). The number of rotatable bonds is 5. The highest BCUT2D eigenvalue weighted by molar-refractivity contribution is 5.69. The summed E-state index contributed by atoms with van der Waals surface area (Å²) in [5, 5.41) is 18.3. The SMILES string of the molecule is CCC(O)CCC1CCC(C(=O)O)CC1. The second-order valence-corrected chi connectivity index (χ2v) is 4.70. The van der Waals surface area contributed by atoms with E-state index in [1.807, 2.05) is 6.92 Å². The molecular formula is C12H22O3. The summed E-state index contributed by atoms with van der Waals surface area (Å²) in [6, 6.07) is 0. The molecule has 3 nitrogen and oxygen atoms in total. The van der Waals surface area contributed by atoms with E-state index in [4.69, 9.17) is 5.11 Å². The molecule has 1 unspecified atom stereocenters. The summed E-state index contributed by atoms with van der Waals surface area (Å²) in [6.45, 7) is 1.99. The van der Waals surface area contributed by atoms with Crippen LogP contribution in [0.2, 0.25) is 0 Å². The van der Waals surface area contributed by atoms with E-state index >= 15 is 0 Å². The average Bonchev–Trinajstić information content (AvgIpc) is 2.26. The van der Waals surface area contributed by atoms with Crippen molar-refractivity contribution in [3.05, 3.63) is 0 Å². The molecule has 0 bridgehead atoms. The van der Waals surface area contributed by atoms with Gasteiger partial charge in [0, 0.05) is 0 Å². The third kappa shape index (κ3) is 4.20. The highest BCUT2D eigenvalue weighted by Gasteiger charge is 2.25. The topological polar surface area (TPSA) is 57.5 Å². The summed E-state index contributed by atoms with van der Waals surface area (Å²) in [5.41, 5.74) is 0. The molecule has 0 heterocycles. The Bertz CT molecular complexity index is 195. The molecule has 0 aromatic carbocycles. The Kier molecular flexibility index (Phi) is 5.09. The van der Waals surface area contributed by atoms with Gasteiger partial charge in [-0.05, 0) is 50.9 Å². The Morgan fingerprint density at radius 3 is 2.40 bits per heavy atom. The molecule has 0 amide bonds.